The zero-order valence-electron chi connectivity index (χ0n) is 20.1. The summed E-state index contributed by atoms with van der Waals surface area (Å²) in [5.74, 6) is 0.201. The normalized spacial score (nSPS) is 10.9. The average molecular weight is 525 g/mol. The van der Waals surface area contributed by atoms with Crippen LogP contribution in [0.1, 0.15) is 38.9 Å². The Bertz CT molecular complexity index is 1200. The molecule has 0 radical (unpaired) electrons. The molecular weight excluding hydrogens is 497 g/mol. The summed E-state index contributed by atoms with van der Waals surface area (Å²) in [7, 11) is 9.78. The van der Waals surface area contributed by atoms with Crippen molar-refractivity contribution in [1.82, 2.24) is 0 Å². The SMILES string of the molecule is Cc1c(C)c(C)[c-](C)c1C.Oc1ccccc1N=C1c2ccccc2-c2ccccc21.[Cl][Ti][Cl]. The topological polar surface area (TPSA) is 32.6 Å². The Kier molecular flexibility index (Phi) is 9.27. The van der Waals surface area contributed by atoms with Gasteiger partial charge in [-0.2, -0.15) is 27.8 Å². The molecule has 4 aromatic carbocycles. The Balaban J connectivity index is 0.000000209. The Morgan fingerprint density at radius 1 is 0.676 bits per heavy atom. The number of benzene rings is 3. The summed E-state index contributed by atoms with van der Waals surface area (Å²) in [6, 6.07) is 23.7. The summed E-state index contributed by atoms with van der Waals surface area (Å²) in [5.41, 5.74) is 13.5. The number of phenols is 1. The molecule has 1 aliphatic carbocycles. The molecule has 0 saturated carbocycles. The van der Waals surface area contributed by atoms with Crippen molar-refractivity contribution in [1.29, 1.82) is 0 Å². The van der Waals surface area contributed by atoms with Crippen LogP contribution in [0.25, 0.3) is 11.1 Å². The van der Waals surface area contributed by atoms with Crippen LogP contribution in [0.5, 0.6) is 5.75 Å². The minimum atomic E-state index is -0.556. The van der Waals surface area contributed by atoms with Crippen LogP contribution in [-0.2, 0) is 17.0 Å². The molecule has 174 valence electrons. The fraction of sp³-hybridized carbons (Fsp3) is 0.172. The van der Waals surface area contributed by atoms with Crippen molar-refractivity contribution in [3.63, 3.8) is 0 Å². The van der Waals surface area contributed by atoms with Crippen LogP contribution in [0.3, 0.4) is 0 Å². The predicted octanol–water partition coefficient (Wildman–Crippen LogP) is 8.87. The maximum absolute atomic E-state index is 9.96. The summed E-state index contributed by atoms with van der Waals surface area (Å²) < 4.78 is 0. The van der Waals surface area contributed by atoms with E-state index in [1.807, 2.05) is 36.4 Å². The first-order chi connectivity index (χ1) is 16.3. The van der Waals surface area contributed by atoms with Gasteiger partial charge in [-0.25, -0.2) is 4.99 Å². The van der Waals surface area contributed by atoms with E-state index in [-0.39, 0.29) is 5.75 Å². The zero-order chi connectivity index (χ0) is 24.8. The molecule has 1 aliphatic rings. The predicted molar refractivity (Wildman–Crippen MR) is 143 cm³/mol. The van der Waals surface area contributed by atoms with Gasteiger partial charge in [-0.15, -0.1) is 0 Å². The molecule has 1 N–H and O–H groups in total. The standard InChI is InChI=1S/C19H13NO.C10H15.2ClH.Ti/c21-18-12-6-5-11-17(18)20-19-15-9-3-1-7-13(15)14-8-2-4-10-16(14)19;1-6-7(2)9(4)10(5)8(6)3;;;/h1-12,21H;1-5H3;2*1H;/q;-1;;;+2/p-2. The molecule has 0 aromatic heterocycles. The van der Waals surface area contributed by atoms with Crippen molar-refractivity contribution in [2.45, 2.75) is 34.6 Å². The van der Waals surface area contributed by atoms with Gasteiger partial charge >= 0.3 is 35.6 Å². The number of phenolic OH excluding ortho intramolecular Hbond substituents is 1. The first-order valence-corrected chi connectivity index (χ1v) is 15.3. The second-order valence-electron chi connectivity index (χ2n) is 8.24. The monoisotopic (exact) mass is 524 g/mol. The number of para-hydroxylation sites is 2. The van der Waals surface area contributed by atoms with Crippen molar-refractivity contribution in [3.05, 3.63) is 112 Å². The molecule has 0 amide bonds. The van der Waals surface area contributed by atoms with E-state index in [1.54, 1.807) is 12.1 Å². The van der Waals surface area contributed by atoms with Gasteiger partial charge in [-0.05, 0) is 23.3 Å². The number of aliphatic imine (C=N–C) groups is 1. The molecule has 4 aromatic rings. The van der Waals surface area contributed by atoms with E-state index in [4.69, 9.17) is 23.6 Å². The van der Waals surface area contributed by atoms with Crippen molar-refractivity contribution >= 4 is 30.0 Å². The molecule has 5 rings (SSSR count). The van der Waals surface area contributed by atoms with Crippen LogP contribution in [-0.4, -0.2) is 10.8 Å². The second-order valence-corrected chi connectivity index (χ2v) is 10.8. The number of hydrogen-bond donors (Lipinski definition) is 1. The van der Waals surface area contributed by atoms with E-state index in [9.17, 15) is 5.11 Å². The number of fused-ring (bicyclic) bond motifs is 3. The van der Waals surface area contributed by atoms with Gasteiger partial charge in [-0.1, -0.05) is 95.3 Å². The van der Waals surface area contributed by atoms with Gasteiger partial charge in [0.15, 0.2) is 0 Å². The fourth-order valence-electron chi connectivity index (χ4n) is 4.20. The maximum atomic E-state index is 9.96. The summed E-state index contributed by atoms with van der Waals surface area (Å²) in [4.78, 5) is 4.71. The van der Waals surface area contributed by atoms with Gasteiger partial charge in [0, 0.05) is 11.1 Å². The van der Waals surface area contributed by atoms with Crippen LogP contribution in [0.2, 0.25) is 0 Å². The van der Waals surface area contributed by atoms with Crippen LogP contribution >= 0.6 is 18.6 Å². The summed E-state index contributed by atoms with van der Waals surface area (Å²) in [6.07, 6.45) is 0. The van der Waals surface area contributed by atoms with Crippen LogP contribution < -0.4 is 0 Å². The molecule has 34 heavy (non-hydrogen) atoms. The Morgan fingerprint density at radius 2 is 1.06 bits per heavy atom. The molecule has 0 atom stereocenters. The van der Waals surface area contributed by atoms with Crippen molar-refractivity contribution in [2.75, 3.05) is 0 Å². The zero-order valence-corrected chi connectivity index (χ0v) is 23.2. The summed E-state index contributed by atoms with van der Waals surface area (Å²) in [5, 5.41) is 9.96. The third kappa shape index (κ3) is 5.53. The molecule has 0 saturated heterocycles. The molecule has 0 fully saturated rings. The van der Waals surface area contributed by atoms with Gasteiger partial charge in [0.2, 0.25) is 0 Å². The average Bonchev–Trinajstić information content (AvgIpc) is 3.25. The number of rotatable bonds is 1. The first kappa shape index (κ1) is 26.4. The Labute approximate surface area is 219 Å². The number of aromatic hydroxyl groups is 1. The molecule has 0 unspecified atom stereocenters. The van der Waals surface area contributed by atoms with Gasteiger partial charge < -0.3 is 5.11 Å². The van der Waals surface area contributed by atoms with Crippen LogP contribution in [0.15, 0.2) is 77.8 Å². The van der Waals surface area contributed by atoms with Crippen molar-refractivity contribution in [2.24, 2.45) is 4.99 Å². The molecule has 5 heteroatoms. The van der Waals surface area contributed by atoms with Gasteiger partial charge in [0.25, 0.3) is 0 Å². The van der Waals surface area contributed by atoms with E-state index < -0.39 is 17.0 Å². The molecule has 0 spiro atoms. The minimum absolute atomic E-state index is 0.201. The van der Waals surface area contributed by atoms with Crippen LogP contribution in [0, 0.1) is 34.6 Å². The summed E-state index contributed by atoms with van der Waals surface area (Å²) >= 11 is -0.556. The molecule has 0 heterocycles. The first-order valence-electron chi connectivity index (χ1n) is 11.0. The van der Waals surface area contributed by atoms with Gasteiger partial charge in [-0.3, -0.25) is 0 Å². The molecule has 0 bridgehead atoms. The second kappa shape index (κ2) is 12.0. The fourth-order valence-corrected chi connectivity index (χ4v) is 4.20. The van der Waals surface area contributed by atoms with Gasteiger partial charge in [0.05, 0.1) is 5.71 Å². The number of hydrogen-bond acceptors (Lipinski definition) is 2. The van der Waals surface area contributed by atoms with E-state index in [1.165, 1.54) is 38.9 Å². The number of nitrogens with zero attached hydrogens (tertiary/aromatic N) is 1. The van der Waals surface area contributed by atoms with Crippen molar-refractivity contribution in [3.8, 4) is 16.9 Å². The van der Waals surface area contributed by atoms with Crippen LogP contribution in [0.4, 0.5) is 5.69 Å². The number of halogens is 2. The molecular formula is C29H28Cl2NOTi-. The molecule has 2 nitrogen and oxygen atoms in total. The van der Waals surface area contributed by atoms with E-state index in [0.717, 1.165) is 16.8 Å². The van der Waals surface area contributed by atoms with E-state index in [0.29, 0.717) is 5.69 Å². The van der Waals surface area contributed by atoms with E-state index in [2.05, 4.69) is 58.9 Å². The molecule has 0 aliphatic heterocycles. The van der Waals surface area contributed by atoms with Crippen molar-refractivity contribution < 1.29 is 22.1 Å². The quantitative estimate of drug-likeness (QED) is 0.172. The Morgan fingerprint density at radius 3 is 1.44 bits per heavy atom. The summed E-state index contributed by atoms with van der Waals surface area (Å²) in [6.45, 7) is 11.0. The third-order valence-electron chi connectivity index (χ3n) is 6.58. The van der Waals surface area contributed by atoms with Gasteiger partial charge in [0.1, 0.15) is 11.4 Å². The third-order valence-corrected chi connectivity index (χ3v) is 6.58. The Hall–Kier alpha value is -2.23. The van der Waals surface area contributed by atoms with E-state index >= 15 is 0 Å².